The Bertz CT molecular complexity index is 981. The number of esters is 1. The van der Waals surface area contributed by atoms with Crippen molar-refractivity contribution in [1.82, 2.24) is 0 Å². The number of carbonyl (C=O) groups excluding carboxylic acids is 1. The van der Waals surface area contributed by atoms with Crippen LogP contribution >= 0.6 is 0 Å². The lowest BCUT2D eigenvalue weighted by molar-refractivity contribution is -0.138. The Balaban J connectivity index is 1.95. The number of rotatable bonds is 9. The smallest absolute Gasteiger partial charge is 0.330 e. The normalized spacial score (nSPS) is 10.3. The standard InChI is InChI=1S/C26H27NO4/c1-5-26(28)31-15-14-30-25-17-23(16-24(18-25)29-4)27(21-10-6-19(2)7-11-21)22-12-8-20(3)9-13-22/h5-13,16-18H,1,14-15H2,2-4H3. The van der Waals surface area contributed by atoms with Crippen LogP contribution in [0.1, 0.15) is 11.1 Å². The number of ether oxygens (including phenoxy) is 3. The summed E-state index contributed by atoms with van der Waals surface area (Å²) < 4.78 is 16.3. The van der Waals surface area contributed by atoms with Gasteiger partial charge in [0.15, 0.2) is 0 Å². The van der Waals surface area contributed by atoms with E-state index < -0.39 is 5.97 Å². The molecule has 5 nitrogen and oxygen atoms in total. The average Bonchev–Trinajstić information content (AvgIpc) is 2.79. The van der Waals surface area contributed by atoms with E-state index in [-0.39, 0.29) is 13.2 Å². The molecule has 0 bridgehead atoms. The van der Waals surface area contributed by atoms with Crippen LogP contribution in [-0.4, -0.2) is 26.3 Å². The first-order chi connectivity index (χ1) is 15.0. The number of benzene rings is 3. The molecule has 0 aliphatic rings. The molecule has 0 saturated heterocycles. The van der Waals surface area contributed by atoms with Crippen LogP contribution in [0.2, 0.25) is 0 Å². The van der Waals surface area contributed by atoms with Crippen molar-refractivity contribution in [2.45, 2.75) is 13.8 Å². The molecule has 0 spiro atoms. The van der Waals surface area contributed by atoms with Gasteiger partial charge in [-0.25, -0.2) is 4.79 Å². The summed E-state index contributed by atoms with van der Waals surface area (Å²) in [6, 6.07) is 22.4. The Morgan fingerprint density at radius 2 is 1.39 bits per heavy atom. The van der Waals surface area contributed by atoms with Crippen molar-refractivity contribution in [2.75, 3.05) is 25.2 Å². The molecule has 0 atom stereocenters. The first-order valence-corrected chi connectivity index (χ1v) is 10.0. The summed E-state index contributed by atoms with van der Waals surface area (Å²) >= 11 is 0. The zero-order valence-electron chi connectivity index (χ0n) is 18.1. The second-order valence-electron chi connectivity index (χ2n) is 7.09. The molecule has 0 aliphatic carbocycles. The van der Waals surface area contributed by atoms with Gasteiger partial charge in [0.25, 0.3) is 0 Å². The van der Waals surface area contributed by atoms with Crippen molar-refractivity contribution in [1.29, 1.82) is 0 Å². The third kappa shape index (κ3) is 5.89. The third-order valence-corrected chi connectivity index (χ3v) is 4.71. The topological polar surface area (TPSA) is 48.0 Å². The van der Waals surface area contributed by atoms with E-state index in [0.29, 0.717) is 11.5 Å². The maximum Gasteiger partial charge on any atom is 0.330 e. The van der Waals surface area contributed by atoms with Crippen LogP contribution in [-0.2, 0) is 9.53 Å². The van der Waals surface area contributed by atoms with Gasteiger partial charge >= 0.3 is 5.97 Å². The fourth-order valence-corrected chi connectivity index (χ4v) is 3.08. The number of anilines is 3. The number of aryl methyl sites for hydroxylation is 2. The summed E-state index contributed by atoms with van der Waals surface area (Å²) in [5, 5.41) is 0. The fourth-order valence-electron chi connectivity index (χ4n) is 3.08. The van der Waals surface area contributed by atoms with Gasteiger partial charge in [-0.2, -0.15) is 0 Å². The van der Waals surface area contributed by atoms with Crippen LogP contribution in [0.5, 0.6) is 11.5 Å². The lowest BCUT2D eigenvalue weighted by Crippen LogP contribution is -2.12. The van der Waals surface area contributed by atoms with E-state index in [2.05, 4.69) is 73.9 Å². The molecule has 3 rings (SSSR count). The largest absolute Gasteiger partial charge is 0.497 e. The molecule has 0 N–H and O–H groups in total. The van der Waals surface area contributed by atoms with Crippen molar-refractivity contribution < 1.29 is 19.0 Å². The molecule has 0 saturated carbocycles. The molecule has 3 aromatic carbocycles. The minimum Gasteiger partial charge on any atom is -0.497 e. The van der Waals surface area contributed by atoms with E-state index in [1.165, 1.54) is 11.1 Å². The number of carbonyl (C=O) groups is 1. The monoisotopic (exact) mass is 417 g/mol. The van der Waals surface area contributed by atoms with Crippen LogP contribution in [0.25, 0.3) is 0 Å². The van der Waals surface area contributed by atoms with Gasteiger partial charge in [-0.05, 0) is 38.1 Å². The molecule has 0 unspecified atom stereocenters. The molecule has 31 heavy (non-hydrogen) atoms. The average molecular weight is 418 g/mol. The Kier molecular flexibility index (Phi) is 7.33. The lowest BCUT2D eigenvalue weighted by atomic mass is 10.1. The Morgan fingerprint density at radius 1 is 0.839 bits per heavy atom. The Morgan fingerprint density at radius 3 is 1.90 bits per heavy atom. The van der Waals surface area contributed by atoms with Gasteiger partial charge in [-0.1, -0.05) is 42.0 Å². The first kappa shape index (κ1) is 22.0. The number of nitrogens with zero attached hydrogens (tertiary/aromatic N) is 1. The zero-order chi connectivity index (χ0) is 22.2. The van der Waals surface area contributed by atoms with Crippen molar-refractivity contribution in [2.24, 2.45) is 0 Å². The molecule has 0 fully saturated rings. The molecule has 0 amide bonds. The highest BCUT2D eigenvalue weighted by molar-refractivity contribution is 5.81. The molecule has 5 heteroatoms. The van der Waals surface area contributed by atoms with Crippen molar-refractivity contribution in [3.05, 3.63) is 90.5 Å². The van der Waals surface area contributed by atoms with E-state index in [1.807, 2.05) is 12.1 Å². The summed E-state index contributed by atoms with van der Waals surface area (Å²) in [6.07, 6.45) is 1.13. The van der Waals surface area contributed by atoms with Crippen LogP contribution in [0.3, 0.4) is 0 Å². The Hall–Kier alpha value is -3.73. The maximum atomic E-state index is 11.2. The molecule has 3 aromatic rings. The molecule has 0 heterocycles. The molecular weight excluding hydrogens is 390 g/mol. The molecule has 0 aliphatic heterocycles. The van der Waals surface area contributed by atoms with Gasteiger partial charge in [0, 0.05) is 35.6 Å². The molecule has 0 radical (unpaired) electrons. The van der Waals surface area contributed by atoms with Crippen LogP contribution in [0, 0.1) is 13.8 Å². The van der Waals surface area contributed by atoms with E-state index >= 15 is 0 Å². The summed E-state index contributed by atoms with van der Waals surface area (Å²) in [5.74, 6) is 0.813. The van der Waals surface area contributed by atoms with Gasteiger partial charge in [-0.3, -0.25) is 0 Å². The fraction of sp³-hybridized carbons (Fsp3) is 0.192. The summed E-state index contributed by atoms with van der Waals surface area (Å²) in [6.45, 7) is 7.87. The quantitative estimate of drug-likeness (QED) is 0.247. The number of hydrogen-bond acceptors (Lipinski definition) is 5. The summed E-state index contributed by atoms with van der Waals surface area (Å²) in [7, 11) is 1.62. The Labute approximate surface area is 183 Å². The van der Waals surface area contributed by atoms with Crippen molar-refractivity contribution in [3.8, 4) is 11.5 Å². The van der Waals surface area contributed by atoms with Gasteiger partial charge in [-0.15, -0.1) is 0 Å². The van der Waals surface area contributed by atoms with E-state index in [9.17, 15) is 4.79 Å². The van der Waals surface area contributed by atoms with Gasteiger partial charge in [0.05, 0.1) is 12.8 Å². The van der Waals surface area contributed by atoms with E-state index in [1.54, 1.807) is 13.2 Å². The van der Waals surface area contributed by atoms with Gasteiger partial charge in [0.1, 0.15) is 24.7 Å². The highest BCUT2D eigenvalue weighted by Gasteiger charge is 2.15. The lowest BCUT2D eigenvalue weighted by Gasteiger charge is -2.26. The summed E-state index contributed by atoms with van der Waals surface area (Å²) in [5.41, 5.74) is 5.32. The zero-order valence-corrected chi connectivity index (χ0v) is 18.1. The second kappa shape index (κ2) is 10.3. The number of methoxy groups -OCH3 is 1. The van der Waals surface area contributed by atoms with Crippen molar-refractivity contribution in [3.63, 3.8) is 0 Å². The molecular formula is C26H27NO4. The van der Waals surface area contributed by atoms with Crippen LogP contribution < -0.4 is 14.4 Å². The van der Waals surface area contributed by atoms with E-state index in [0.717, 1.165) is 23.1 Å². The van der Waals surface area contributed by atoms with Gasteiger partial charge in [0.2, 0.25) is 0 Å². The van der Waals surface area contributed by atoms with E-state index in [4.69, 9.17) is 14.2 Å². The van der Waals surface area contributed by atoms with Crippen LogP contribution in [0.15, 0.2) is 79.4 Å². The van der Waals surface area contributed by atoms with Gasteiger partial charge < -0.3 is 19.1 Å². The highest BCUT2D eigenvalue weighted by Crippen LogP contribution is 2.38. The SMILES string of the molecule is C=CC(=O)OCCOc1cc(OC)cc(N(c2ccc(C)cc2)c2ccc(C)cc2)c1. The maximum absolute atomic E-state index is 11.2. The molecule has 160 valence electrons. The first-order valence-electron chi connectivity index (χ1n) is 10.0. The van der Waals surface area contributed by atoms with Crippen LogP contribution in [0.4, 0.5) is 17.1 Å². The minimum absolute atomic E-state index is 0.136. The highest BCUT2D eigenvalue weighted by atomic mass is 16.6. The second-order valence-corrected chi connectivity index (χ2v) is 7.09. The predicted molar refractivity (Wildman–Crippen MR) is 124 cm³/mol. The summed E-state index contributed by atoms with van der Waals surface area (Å²) in [4.78, 5) is 13.4. The number of hydrogen-bond donors (Lipinski definition) is 0. The third-order valence-electron chi connectivity index (χ3n) is 4.71. The predicted octanol–water partition coefficient (Wildman–Crippen LogP) is 5.89. The minimum atomic E-state index is -0.472. The molecule has 0 aromatic heterocycles. The van der Waals surface area contributed by atoms with Crippen molar-refractivity contribution >= 4 is 23.0 Å².